The smallest absolute Gasteiger partial charge is 0.272 e. The first-order valence-electron chi connectivity index (χ1n) is 8.87. The summed E-state index contributed by atoms with van der Waals surface area (Å²) in [6.45, 7) is 6.20. The van der Waals surface area contributed by atoms with Crippen molar-refractivity contribution in [1.29, 1.82) is 0 Å². The van der Waals surface area contributed by atoms with Crippen molar-refractivity contribution < 1.29 is 9.59 Å². The fraction of sp³-hybridized carbons (Fsp3) is 0.429. The van der Waals surface area contributed by atoms with Crippen LogP contribution in [0.15, 0.2) is 48.9 Å². The Labute approximate surface area is 161 Å². The zero-order valence-electron chi connectivity index (χ0n) is 15.5. The maximum Gasteiger partial charge on any atom is 0.272 e. The molecule has 2 rings (SSSR count). The monoisotopic (exact) mass is 370 g/mol. The minimum atomic E-state index is -0.679. The van der Waals surface area contributed by atoms with Crippen molar-refractivity contribution >= 4 is 11.8 Å². The summed E-state index contributed by atoms with van der Waals surface area (Å²) in [6.07, 6.45) is 5.62. The number of nitrogens with zero attached hydrogens (tertiary/aromatic N) is 2. The number of hydrogen-bond acceptors (Lipinski definition) is 4. The highest BCUT2D eigenvalue weighted by atomic mass is 16.2. The normalized spacial score (nSPS) is 12.6. The van der Waals surface area contributed by atoms with Crippen LogP contribution in [0.3, 0.4) is 0 Å². The summed E-state index contributed by atoms with van der Waals surface area (Å²) in [5, 5.41) is 5.79. The van der Waals surface area contributed by atoms with E-state index in [9.17, 15) is 9.59 Å². The van der Waals surface area contributed by atoms with E-state index in [1.165, 1.54) is 18.6 Å². The van der Waals surface area contributed by atoms with E-state index in [1.54, 1.807) is 0 Å². The fourth-order valence-electron chi connectivity index (χ4n) is 2.82. The van der Waals surface area contributed by atoms with E-state index < -0.39 is 11.9 Å². The number of benzene rings is 1. The van der Waals surface area contributed by atoms with E-state index >= 15 is 0 Å². The molecule has 6 heteroatoms. The van der Waals surface area contributed by atoms with Gasteiger partial charge in [0.05, 0.1) is 6.20 Å². The molecule has 0 saturated carbocycles. The minimum Gasteiger partial charge on any atom is -0.352 e. The lowest BCUT2D eigenvalue weighted by molar-refractivity contribution is -0.123. The molecule has 0 spiro atoms. The molecule has 0 aliphatic carbocycles. The van der Waals surface area contributed by atoms with Crippen molar-refractivity contribution in [1.82, 2.24) is 20.6 Å². The number of rotatable bonds is 8. The molecule has 2 N–H and O–H groups in total. The summed E-state index contributed by atoms with van der Waals surface area (Å²) in [7, 11) is 0. The molecule has 2 unspecified atom stereocenters. The van der Waals surface area contributed by atoms with Crippen LogP contribution < -0.4 is 10.6 Å². The van der Waals surface area contributed by atoms with Crippen molar-refractivity contribution in [3.8, 4) is 0 Å². The molecule has 0 bridgehead atoms. The third kappa shape index (κ3) is 7.56. The van der Waals surface area contributed by atoms with E-state index in [0.717, 1.165) is 12.0 Å². The second kappa shape index (κ2) is 11.1. The molecule has 1 heterocycles. The van der Waals surface area contributed by atoms with Gasteiger partial charge in [-0.2, -0.15) is 0 Å². The number of aromatic nitrogens is 2. The van der Waals surface area contributed by atoms with Gasteiger partial charge in [0.1, 0.15) is 11.7 Å². The predicted octanol–water partition coefficient (Wildman–Crippen LogP) is 3.00. The molecule has 0 radical (unpaired) electrons. The van der Waals surface area contributed by atoms with Crippen LogP contribution in [0, 0.1) is 5.92 Å². The molecule has 0 saturated heterocycles. The summed E-state index contributed by atoms with van der Waals surface area (Å²) in [5.74, 6) is -0.128. The Bertz CT molecular complexity index is 705. The molecule has 27 heavy (non-hydrogen) atoms. The fourth-order valence-corrected chi connectivity index (χ4v) is 2.82. The van der Waals surface area contributed by atoms with Crippen molar-refractivity contribution in [2.75, 3.05) is 0 Å². The van der Waals surface area contributed by atoms with E-state index in [0.29, 0.717) is 12.3 Å². The second-order valence-corrected chi connectivity index (χ2v) is 6.85. The third-order valence-corrected chi connectivity index (χ3v) is 3.91. The van der Waals surface area contributed by atoms with Gasteiger partial charge in [0.15, 0.2) is 0 Å². The van der Waals surface area contributed by atoms with Gasteiger partial charge in [-0.15, -0.1) is 0 Å². The molecular weight excluding hydrogens is 340 g/mol. The van der Waals surface area contributed by atoms with Crippen LogP contribution in [0.2, 0.25) is 0 Å². The van der Waals surface area contributed by atoms with Crippen molar-refractivity contribution in [2.45, 2.75) is 53.1 Å². The molecule has 2 atom stereocenters. The number of amides is 2. The SMILES string of the molecule is C.CC(C)CC(C)NC(=O)C(Cc1ccccc1)NC(=O)c1cnccn1. The number of nitrogens with one attached hydrogen (secondary N) is 2. The van der Waals surface area contributed by atoms with E-state index in [2.05, 4.69) is 34.4 Å². The molecule has 1 aromatic carbocycles. The van der Waals surface area contributed by atoms with Crippen molar-refractivity contribution in [3.63, 3.8) is 0 Å². The Morgan fingerprint density at radius 3 is 2.33 bits per heavy atom. The van der Waals surface area contributed by atoms with E-state index in [1.807, 2.05) is 37.3 Å². The van der Waals surface area contributed by atoms with Gasteiger partial charge < -0.3 is 10.6 Å². The third-order valence-electron chi connectivity index (χ3n) is 3.91. The second-order valence-electron chi connectivity index (χ2n) is 6.85. The van der Waals surface area contributed by atoms with Crippen LogP contribution in [0.1, 0.15) is 50.7 Å². The largest absolute Gasteiger partial charge is 0.352 e. The molecular formula is C21H30N4O2. The molecule has 0 aliphatic rings. The van der Waals surface area contributed by atoms with E-state index in [4.69, 9.17) is 0 Å². The van der Waals surface area contributed by atoms with Crippen LogP contribution in [-0.2, 0) is 11.2 Å². The maximum atomic E-state index is 12.7. The zero-order valence-corrected chi connectivity index (χ0v) is 15.5. The molecule has 1 aromatic heterocycles. The Hall–Kier alpha value is -2.76. The van der Waals surface area contributed by atoms with Crippen LogP contribution in [0.25, 0.3) is 0 Å². The van der Waals surface area contributed by atoms with Crippen LogP contribution in [-0.4, -0.2) is 33.9 Å². The van der Waals surface area contributed by atoms with Gasteiger partial charge in [-0.1, -0.05) is 51.6 Å². The average molecular weight is 370 g/mol. The summed E-state index contributed by atoms with van der Waals surface area (Å²) in [6, 6.07) is 8.97. The molecule has 2 aromatic rings. The number of carbonyl (C=O) groups is 2. The highest BCUT2D eigenvalue weighted by Crippen LogP contribution is 2.07. The zero-order chi connectivity index (χ0) is 18.9. The number of carbonyl (C=O) groups excluding carboxylic acids is 2. The quantitative estimate of drug-likeness (QED) is 0.748. The van der Waals surface area contributed by atoms with Gasteiger partial charge in [-0.3, -0.25) is 14.6 Å². The lowest BCUT2D eigenvalue weighted by atomic mass is 10.0. The summed E-state index contributed by atoms with van der Waals surface area (Å²) in [4.78, 5) is 33.1. The maximum absolute atomic E-state index is 12.7. The highest BCUT2D eigenvalue weighted by molar-refractivity contribution is 5.96. The molecule has 0 aliphatic heterocycles. The average Bonchev–Trinajstić information content (AvgIpc) is 2.62. The van der Waals surface area contributed by atoms with Crippen LogP contribution in [0.5, 0.6) is 0 Å². The van der Waals surface area contributed by atoms with Gasteiger partial charge in [-0.25, -0.2) is 4.98 Å². The Morgan fingerprint density at radius 2 is 1.74 bits per heavy atom. The topological polar surface area (TPSA) is 84.0 Å². The van der Waals surface area contributed by atoms with Crippen molar-refractivity contribution in [2.24, 2.45) is 5.92 Å². The van der Waals surface area contributed by atoms with Gasteiger partial charge in [-0.05, 0) is 24.8 Å². The summed E-state index contributed by atoms with van der Waals surface area (Å²) in [5.41, 5.74) is 1.16. The minimum absolute atomic E-state index is 0. The first-order valence-corrected chi connectivity index (χ1v) is 8.87. The van der Waals surface area contributed by atoms with Crippen LogP contribution in [0.4, 0.5) is 0 Å². The summed E-state index contributed by atoms with van der Waals surface area (Å²) >= 11 is 0. The Morgan fingerprint density at radius 1 is 1.04 bits per heavy atom. The predicted molar refractivity (Wildman–Crippen MR) is 107 cm³/mol. The molecule has 6 nitrogen and oxygen atoms in total. The van der Waals surface area contributed by atoms with Gasteiger partial charge in [0.2, 0.25) is 5.91 Å². The van der Waals surface area contributed by atoms with Gasteiger partial charge >= 0.3 is 0 Å². The lowest BCUT2D eigenvalue weighted by Gasteiger charge is -2.22. The number of hydrogen-bond donors (Lipinski definition) is 2. The van der Waals surface area contributed by atoms with Gasteiger partial charge in [0.25, 0.3) is 5.91 Å². The Kier molecular flexibility index (Phi) is 9.13. The standard InChI is InChI=1S/C20H26N4O2.CH4/c1-14(2)11-15(3)23-19(25)17(12-16-7-5-4-6-8-16)24-20(26)18-13-21-9-10-22-18;/h4-10,13-15,17H,11-12H2,1-3H3,(H,23,25)(H,24,26);1H4. The lowest BCUT2D eigenvalue weighted by Crippen LogP contribution is -2.50. The first-order chi connectivity index (χ1) is 12.5. The van der Waals surface area contributed by atoms with E-state index in [-0.39, 0.29) is 25.1 Å². The summed E-state index contributed by atoms with van der Waals surface area (Å²) < 4.78 is 0. The van der Waals surface area contributed by atoms with Crippen molar-refractivity contribution in [3.05, 3.63) is 60.2 Å². The first kappa shape index (κ1) is 22.3. The molecule has 146 valence electrons. The Balaban J connectivity index is 0.00000364. The highest BCUT2D eigenvalue weighted by Gasteiger charge is 2.24. The molecule has 0 fully saturated rings. The molecule has 2 amide bonds. The van der Waals surface area contributed by atoms with Crippen LogP contribution >= 0.6 is 0 Å². The van der Waals surface area contributed by atoms with Gasteiger partial charge in [0, 0.05) is 24.9 Å².